The van der Waals surface area contributed by atoms with Gasteiger partial charge >= 0.3 is 6.09 Å². The average Bonchev–Trinajstić information content (AvgIpc) is 2.78. The van der Waals surface area contributed by atoms with Gasteiger partial charge in [-0.25, -0.2) is 4.79 Å². The van der Waals surface area contributed by atoms with Crippen LogP contribution in [0.3, 0.4) is 0 Å². The molecular weight excluding hydrogens is 478 g/mol. The van der Waals surface area contributed by atoms with Gasteiger partial charge in [-0.1, -0.05) is 32.9 Å². The third-order valence-electron chi connectivity index (χ3n) is 6.83. The molecule has 1 atom stereocenters. The van der Waals surface area contributed by atoms with Gasteiger partial charge in [-0.15, -0.1) is 0 Å². The van der Waals surface area contributed by atoms with E-state index in [1.807, 2.05) is 0 Å². The first-order chi connectivity index (χ1) is 16.7. The number of anilines is 1. The summed E-state index contributed by atoms with van der Waals surface area (Å²) in [7, 11) is -0.867. The first-order valence-corrected chi connectivity index (χ1v) is 14.6. The Morgan fingerprint density at radius 3 is 2.47 bits per heavy atom. The largest absolute Gasteiger partial charge is 0.506 e. The fourth-order valence-electron chi connectivity index (χ4n) is 3.78. The molecule has 0 bridgehead atoms. The van der Waals surface area contributed by atoms with E-state index in [0.29, 0.717) is 28.0 Å². The topological polar surface area (TPSA) is 138 Å². The predicted octanol–water partition coefficient (Wildman–Crippen LogP) is 5.07. The average molecular weight is 514 g/mol. The molecule has 0 saturated carbocycles. The lowest BCUT2D eigenvalue weighted by atomic mass is 10.0. The molecule has 0 aliphatic carbocycles. The molecule has 1 unspecified atom stereocenters. The highest BCUT2D eigenvalue weighted by Crippen LogP contribution is 2.41. The molecule has 36 heavy (non-hydrogen) atoms. The van der Waals surface area contributed by atoms with Crippen LogP contribution < -0.4 is 16.0 Å². The molecule has 3 rings (SSSR count). The van der Waals surface area contributed by atoms with Gasteiger partial charge < -0.3 is 35.0 Å². The summed E-state index contributed by atoms with van der Waals surface area (Å²) in [5.74, 6) is 0.426. The quantitative estimate of drug-likeness (QED) is 0.244. The fourth-order valence-corrected chi connectivity index (χ4v) is 5.05. The Hall–Kier alpha value is -3.50. The Morgan fingerprint density at radius 1 is 1.17 bits per heavy atom. The van der Waals surface area contributed by atoms with Crippen molar-refractivity contribution in [3.05, 3.63) is 63.9 Å². The number of ether oxygens (including phenoxy) is 1. The Bertz CT molecular complexity index is 1320. The number of fused-ring (bicyclic) bond motifs is 1. The number of hydrogen-bond acceptors (Lipinski definition) is 6. The number of nitrogens with zero attached hydrogens (tertiary/aromatic N) is 1. The van der Waals surface area contributed by atoms with Gasteiger partial charge in [-0.2, -0.15) is 0 Å². The number of phenols is 1. The molecule has 5 N–H and O–H groups in total. The monoisotopic (exact) mass is 513 g/mol. The number of aromatic hydroxyl groups is 1. The minimum Gasteiger partial charge on any atom is -0.506 e. The molecule has 0 radical (unpaired) electrons. The SMILES string of the molecule is COc1cc(N)ccc1CN(CC(O[Si](C)(C)C(C)(C)C)c1ccc(O)c2[nH]c(=O)ccc12)C(=O)O. The van der Waals surface area contributed by atoms with E-state index in [-0.39, 0.29) is 35.0 Å². The van der Waals surface area contributed by atoms with E-state index in [4.69, 9.17) is 14.9 Å². The van der Waals surface area contributed by atoms with Gasteiger partial charge in [0.2, 0.25) is 5.56 Å². The lowest BCUT2D eigenvalue weighted by molar-refractivity contribution is 0.0983. The van der Waals surface area contributed by atoms with Crippen LogP contribution in [0.15, 0.2) is 47.3 Å². The number of nitrogens with two attached hydrogens (primary N) is 1. The number of nitrogens with one attached hydrogen (secondary N) is 1. The lowest BCUT2D eigenvalue weighted by Crippen LogP contribution is -2.44. The summed E-state index contributed by atoms with van der Waals surface area (Å²) in [5, 5.41) is 21.0. The van der Waals surface area contributed by atoms with Gasteiger partial charge in [0, 0.05) is 28.8 Å². The molecule has 3 aromatic rings. The van der Waals surface area contributed by atoms with Crippen molar-refractivity contribution in [3.8, 4) is 11.5 Å². The summed E-state index contributed by atoms with van der Waals surface area (Å²) < 4.78 is 12.2. The molecule has 0 saturated heterocycles. The van der Waals surface area contributed by atoms with Crippen LogP contribution in [0.4, 0.5) is 10.5 Å². The van der Waals surface area contributed by atoms with Crippen LogP contribution in [0.5, 0.6) is 11.5 Å². The number of carbonyl (C=O) groups is 1. The van der Waals surface area contributed by atoms with Crippen molar-refractivity contribution in [2.24, 2.45) is 0 Å². The van der Waals surface area contributed by atoms with E-state index >= 15 is 0 Å². The molecule has 1 heterocycles. The second kappa shape index (κ2) is 10.2. The predicted molar refractivity (Wildman–Crippen MR) is 143 cm³/mol. The second-order valence-corrected chi connectivity index (χ2v) is 15.1. The van der Waals surface area contributed by atoms with Gasteiger partial charge in [-0.3, -0.25) is 4.79 Å². The van der Waals surface area contributed by atoms with Crippen molar-refractivity contribution in [3.63, 3.8) is 0 Å². The highest BCUT2D eigenvalue weighted by molar-refractivity contribution is 6.74. The zero-order valence-electron chi connectivity index (χ0n) is 21.6. The van der Waals surface area contributed by atoms with Crippen molar-refractivity contribution in [1.29, 1.82) is 0 Å². The van der Waals surface area contributed by atoms with Crippen molar-refractivity contribution < 1.29 is 24.2 Å². The van der Waals surface area contributed by atoms with Crippen LogP contribution >= 0.6 is 0 Å². The summed E-state index contributed by atoms with van der Waals surface area (Å²) >= 11 is 0. The number of methoxy groups -OCH3 is 1. The normalized spacial score (nSPS) is 12.9. The van der Waals surface area contributed by atoms with E-state index in [9.17, 15) is 19.8 Å². The molecule has 0 aliphatic heterocycles. The third kappa shape index (κ3) is 5.82. The van der Waals surface area contributed by atoms with Crippen LogP contribution in [0.25, 0.3) is 10.9 Å². The van der Waals surface area contributed by atoms with Crippen LogP contribution in [-0.2, 0) is 11.0 Å². The number of aromatic amines is 1. The summed E-state index contributed by atoms with van der Waals surface area (Å²) in [6.45, 7) is 10.6. The minimum atomic E-state index is -2.38. The van der Waals surface area contributed by atoms with Gasteiger partial charge in [0.1, 0.15) is 11.5 Å². The zero-order valence-corrected chi connectivity index (χ0v) is 22.6. The van der Waals surface area contributed by atoms with Gasteiger partial charge in [-0.05, 0) is 41.9 Å². The number of pyridine rings is 1. The maximum absolute atomic E-state index is 12.4. The first kappa shape index (κ1) is 27.1. The molecule has 9 nitrogen and oxygen atoms in total. The fraction of sp³-hybridized carbons (Fsp3) is 0.385. The summed E-state index contributed by atoms with van der Waals surface area (Å²) in [6.07, 6.45) is -1.77. The zero-order chi connectivity index (χ0) is 26.8. The second-order valence-electron chi connectivity index (χ2n) is 10.4. The Labute approximate surface area is 211 Å². The number of rotatable bonds is 8. The smallest absolute Gasteiger partial charge is 0.407 e. The van der Waals surface area contributed by atoms with Crippen molar-refractivity contribution in [2.75, 3.05) is 19.4 Å². The van der Waals surface area contributed by atoms with Crippen molar-refractivity contribution in [1.82, 2.24) is 9.88 Å². The van der Waals surface area contributed by atoms with Gasteiger partial charge in [0.15, 0.2) is 8.32 Å². The Morgan fingerprint density at radius 2 is 1.86 bits per heavy atom. The van der Waals surface area contributed by atoms with E-state index in [2.05, 4.69) is 38.8 Å². The van der Waals surface area contributed by atoms with Gasteiger partial charge in [0.05, 0.1) is 31.8 Å². The molecule has 0 fully saturated rings. The lowest BCUT2D eigenvalue weighted by Gasteiger charge is -2.40. The maximum atomic E-state index is 12.4. The molecule has 10 heteroatoms. The van der Waals surface area contributed by atoms with Crippen LogP contribution in [0, 0.1) is 0 Å². The molecular formula is C26H35N3O6Si. The number of nitrogen functional groups attached to an aromatic ring is 1. The number of benzene rings is 2. The third-order valence-corrected chi connectivity index (χ3v) is 11.3. The molecule has 194 valence electrons. The molecule has 0 aliphatic rings. The van der Waals surface area contributed by atoms with E-state index in [1.54, 1.807) is 30.3 Å². The van der Waals surface area contributed by atoms with Crippen LogP contribution in [0.2, 0.25) is 18.1 Å². The minimum absolute atomic E-state index is 0.0222. The van der Waals surface area contributed by atoms with Crippen molar-refractivity contribution >= 4 is 31.0 Å². The maximum Gasteiger partial charge on any atom is 0.407 e. The summed E-state index contributed by atoms with van der Waals surface area (Å²) in [4.78, 5) is 28.3. The van der Waals surface area contributed by atoms with E-state index in [0.717, 1.165) is 0 Å². The Balaban J connectivity index is 2.10. The van der Waals surface area contributed by atoms with Crippen molar-refractivity contribution in [2.45, 2.75) is 51.6 Å². The van der Waals surface area contributed by atoms with Crippen LogP contribution in [0.1, 0.15) is 38.0 Å². The molecule has 0 spiro atoms. The molecule has 2 aromatic carbocycles. The molecule has 1 amide bonds. The number of carboxylic acid groups (broad SMARTS) is 1. The number of H-pyrrole nitrogens is 1. The molecule has 1 aromatic heterocycles. The number of hydrogen-bond donors (Lipinski definition) is 4. The highest BCUT2D eigenvalue weighted by Gasteiger charge is 2.40. The highest BCUT2D eigenvalue weighted by atomic mass is 28.4. The first-order valence-electron chi connectivity index (χ1n) is 11.7. The van der Waals surface area contributed by atoms with Gasteiger partial charge in [0.25, 0.3) is 0 Å². The number of phenolic OH excluding ortho intramolecular Hbond substituents is 1. The van der Waals surface area contributed by atoms with E-state index < -0.39 is 20.5 Å². The number of amides is 1. The van der Waals surface area contributed by atoms with E-state index in [1.165, 1.54) is 24.1 Å². The number of aromatic nitrogens is 1. The summed E-state index contributed by atoms with van der Waals surface area (Å²) in [5.41, 5.74) is 7.66. The standard InChI is InChI=1S/C26H35N3O6Si/c1-26(2,3)36(5,6)35-22(18-9-11-20(30)24-19(18)10-12-23(31)28-24)15-29(25(32)33)14-16-7-8-17(27)13-21(16)34-4/h7-13,22,30H,14-15,27H2,1-6H3,(H,28,31)(H,32,33). The Kier molecular flexibility index (Phi) is 7.70. The summed E-state index contributed by atoms with van der Waals surface area (Å²) in [6, 6.07) is 11.3. The van der Waals surface area contributed by atoms with Crippen LogP contribution in [-0.4, -0.2) is 48.2 Å².